The molecule has 3 N–H and O–H groups in total. The molecule has 1 unspecified atom stereocenters. The van der Waals surface area contributed by atoms with Gasteiger partial charge in [-0.1, -0.05) is 6.07 Å². The van der Waals surface area contributed by atoms with Gasteiger partial charge < -0.3 is 20.4 Å². The summed E-state index contributed by atoms with van der Waals surface area (Å²) < 4.78 is 0. The lowest BCUT2D eigenvalue weighted by Crippen LogP contribution is -2.51. The molecule has 0 aromatic heterocycles. The largest absolute Gasteiger partial charge is 0.507 e. The van der Waals surface area contributed by atoms with Gasteiger partial charge in [0.2, 0.25) is 0 Å². The van der Waals surface area contributed by atoms with E-state index in [1.54, 1.807) is 4.90 Å². The molecule has 0 spiro atoms. The Morgan fingerprint density at radius 2 is 2.06 bits per heavy atom. The van der Waals surface area contributed by atoms with Crippen molar-refractivity contribution in [2.45, 2.75) is 13.0 Å². The molecule has 1 aromatic carbocycles. The van der Waals surface area contributed by atoms with E-state index in [-0.39, 0.29) is 29.0 Å². The summed E-state index contributed by atoms with van der Waals surface area (Å²) >= 11 is 0. The number of amides is 1. The fourth-order valence-electron chi connectivity index (χ4n) is 2.02. The standard InChI is InChI=1S/C12H16N2O3/c1-8-7-14(6-5-13-8)12(17)11-9(15)3-2-4-10(11)16/h2-4,8,13,15-16H,5-7H2,1H3. The smallest absolute Gasteiger partial charge is 0.261 e. The van der Waals surface area contributed by atoms with Crippen LogP contribution in [-0.2, 0) is 0 Å². The molecule has 1 aliphatic heterocycles. The number of nitrogens with one attached hydrogen (secondary N) is 1. The highest BCUT2D eigenvalue weighted by molar-refractivity contribution is 5.99. The van der Waals surface area contributed by atoms with Crippen LogP contribution in [0.3, 0.4) is 0 Å². The third-order valence-electron chi connectivity index (χ3n) is 2.89. The minimum atomic E-state index is -0.325. The van der Waals surface area contributed by atoms with Crippen LogP contribution in [0, 0.1) is 0 Å². The molecule has 0 radical (unpaired) electrons. The van der Waals surface area contributed by atoms with Crippen LogP contribution < -0.4 is 5.32 Å². The molecule has 92 valence electrons. The zero-order valence-corrected chi connectivity index (χ0v) is 9.68. The van der Waals surface area contributed by atoms with Crippen molar-refractivity contribution in [1.29, 1.82) is 0 Å². The SMILES string of the molecule is CC1CN(C(=O)c2c(O)cccc2O)CCN1. The molecule has 1 amide bonds. The third kappa shape index (κ3) is 2.34. The number of hydrogen-bond donors (Lipinski definition) is 3. The number of carbonyl (C=O) groups excluding carboxylic acids is 1. The highest BCUT2D eigenvalue weighted by atomic mass is 16.3. The van der Waals surface area contributed by atoms with Gasteiger partial charge in [0.25, 0.3) is 5.91 Å². The number of hydrogen-bond acceptors (Lipinski definition) is 4. The topological polar surface area (TPSA) is 72.8 Å². The summed E-state index contributed by atoms with van der Waals surface area (Å²) in [6.45, 7) is 3.87. The van der Waals surface area contributed by atoms with Crippen molar-refractivity contribution in [3.63, 3.8) is 0 Å². The molecular formula is C12H16N2O3. The highest BCUT2D eigenvalue weighted by Gasteiger charge is 2.25. The van der Waals surface area contributed by atoms with Crippen LogP contribution in [0.25, 0.3) is 0 Å². The van der Waals surface area contributed by atoms with E-state index >= 15 is 0 Å². The van der Waals surface area contributed by atoms with Crippen LogP contribution in [0.1, 0.15) is 17.3 Å². The van der Waals surface area contributed by atoms with Gasteiger partial charge in [0.05, 0.1) is 0 Å². The molecule has 17 heavy (non-hydrogen) atoms. The van der Waals surface area contributed by atoms with Crippen molar-refractivity contribution in [2.75, 3.05) is 19.6 Å². The Hall–Kier alpha value is -1.75. The van der Waals surface area contributed by atoms with E-state index in [1.807, 2.05) is 6.92 Å². The Balaban J connectivity index is 2.24. The van der Waals surface area contributed by atoms with Crippen LogP contribution in [0.15, 0.2) is 18.2 Å². The van der Waals surface area contributed by atoms with Crippen molar-refractivity contribution < 1.29 is 15.0 Å². The molecule has 1 aliphatic rings. The number of phenols is 2. The highest BCUT2D eigenvalue weighted by Crippen LogP contribution is 2.27. The maximum Gasteiger partial charge on any atom is 0.261 e. The lowest BCUT2D eigenvalue weighted by Gasteiger charge is -2.32. The molecule has 1 fully saturated rings. The van der Waals surface area contributed by atoms with Crippen LogP contribution in [0.2, 0.25) is 0 Å². The van der Waals surface area contributed by atoms with E-state index in [9.17, 15) is 15.0 Å². The molecule has 0 bridgehead atoms. The number of phenolic OH excluding ortho intramolecular Hbond substituents is 2. The van der Waals surface area contributed by atoms with E-state index in [1.165, 1.54) is 18.2 Å². The first-order valence-corrected chi connectivity index (χ1v) is 5.63. The summed E-state index contributed by atoms with van der Waals surface area (Å²) in [5, 5.41) is 22.5. The van der Waals surface area contributed by atoms with Gasteiger partial charge >= 0.3 is 0 Å². The molecule has 0 aliphatic carbocycles. The van der Waals surface area contributed by atoms with Gasteiger partial charge in [-0.3, -0.25) is 4.79 Å². The summed E-state index contributed by atoms with van der Waals surface area (Å²) in [5.74, 6) is -0.684. The maximum absolute atomic E-state index is 12.2. The molecule has 5 nitrogen and oxygen atoms in total. The minimum Gasteiger partial charge on any atom is -0.507 e. The molecule has 1 atom stereocenters. The molecule has 5 heteroatoms. The van der Waals surface area contributed by atoms with Crippen LogP contribution in [0.5, 0.6) is 11.5 Å². The number of carbonyl (C=O) groups is 1. The van der Waals surface area contributed by atoms with Crippen molar-refractivity contribution in [1.82, 2.24) is 10.2 Å². The Bertz CT molecular complexity index is 414. The number of nitrogens with zero attached hydrogens (tertiary/aromatic N) is 1. The number of aromatic hydroxyl groups is 2. The van der Waals surface area contributed by atoms with Crippen molar-refractivity contribution >= 4 is 5.91 Å². The molecule has 1 heterocycles. The van der Waals surface area contributed by atoms with Gasteiger partial charge in [-0.05, 0) is 19.1 Å². The minimum absolute atomic E-state index is 0.0124. The quantitative estimate of drug-likeness (QED) is 0.665. The van der Waals surface area contributed by atoms with E-state index in [0.717, 1.165) is 6.54 Å². The maximum atomic E-state index is 12.2. The predicted octanol–water partition coefficient (Wildman–Crippen LogP) is 0.532. The molecule has 2 rings (SSSR count). The summed E-state index contributed by atoms with van der Waals surface area (Å²) in [4.78, 5) is 13.8. The van der Waals surface area contributed by atoms with Crippen molar-refractivity contribution in [3.05, 3.63) is 23.8 Å². The van der Waals surface area contributed by atoms with Gasteiger partial charge in [0, 0.05) is 25.7 Å². The van der Waals surface area contributed by atoms with Crippen LogP contribution >= 0.6 is 0 Å². The first-order chi connectivity index (χ1) is 8.09. The van der Waals surface area contributed by atoms with Crippen LogP contribution in [-0.4, -0.2) is 46.7 Å². The average molecular weight is 236 g/mol. The average Bonchev–Trinajstić information content (AvgIpc) is 2.28. The second-order valence-corrected chi connectivity index (χ2v) is 4.28. The summed E-state index contributed by atoms with van der Waals surface area (Å²) in [6.07, 6.45) is 0. The Kier molecular flexibility index (Phi) is 3.19. The Morgan fingerprint density at radius 3 is 2.65 bits per heavy atom. The van der Waals surface area contributed by atoms with Gasteiger partial charge in [0.1, 0.15) is 17.1 Å². The summed E-state index contributed by atoms with van der Waals surface area (Å²) in [7, 11) is 0. The predicted molar refractivity (Wildman–Crippen MR) is 63.1 cm³/mol. The zero-order chi connectivity index (χ0) is 12.4. The molecule has 1 saturated heterocycles. The Labute approximate surface area is 99.7 Å². The van der Waals surface area contributed by atoms with Crippen molar-refractivity contribution in [2.24, 2.45) is 0 Å². The zero-order valence-electron chi connectivity index (χ0n) is 9.68. The second kappa shape index (κ2) is 4.63. The first kappa shape index (κ1) is 11.7. The fraction of sp³-hybridized carbons (Fsp3) is 0.417. The van der Waals surface area contributed by atoms with E-state index < -0.39 is 0 Å². The lowest BCUT2D eigenvalue weighted by atomic mass is 10.1. The van der Waals surface area contributed by atoms with Crippen LogP contribution in [0.4, 0.5) is 0 Å². The number of benzene rings is 1. The molecule has 1 aromatic rings. The fourth-order valence-corrected chi connectivity index (χ4v) is 2.02. The third-order valence-corrected chi connectivity index (χ3v) is 2.89. The number of rotatable bonds is 1. The second-order valence-electron chi connectivity index (χ2n) is 4.28. The van der Waals surface area contributed by atoms with Gasteiger partial charge in [-0.2, -0.15) is 0 Å². The summed E-state index contributed by atoms with van der Waals surface area (Å²) in [6, 6.07) is 4.53. The van der Waals surface area contributed by atoms with E-state index in [4.69, 9.17) is 0 Å². The van der Waals surface area contributed by atoms with E-state index in [0.29, 0.717) is 13.1 Å². The number of piperazine rings is 1. The van der Waals surface area contributed by atoms with Gasteiger partial charge in [-0.25, -0.2) is 0 Å². The lowest BCUT2D eigenvalue weighted by molar-refractivity contribution is 0.0703. The summed E-state index contributed by atoms with van der Waals surface area (Å²) in [5.41, 5.74) is -0.0124. The van der Waals surface area contributed by atoms with E-state index in [2.05, 4.69) is 5.32 Å². The van der Waals surface area contributed by atoms with Gasteiger partial charge in [0.15, 0.2) is 0 Å². The monoisotopic (exact) mass is 236 g/mol. The Morgan fingerprint density at radius 1 is 1.41 bits per heavy atom. The van der Waals surface area contributed by atoms with Gasteiger partial charge in [-0.15, -0.1) is 0 Å². The first-order valence-electron chi connectivity index (χ1n) is 5.63. The normalized spacial score (nSPS) is 20.3. The van der Waals surface area contributed by atoms with Crippen molar-refractivity contribution in [3.8, 4) is 11.5 Å². The molecule has 0 saturated carbocycles. The molecular weight excluding hydrogens is 220 g/mol.